The minimum Gasteiger partial charge on any atom is -0.497 e. The van der Waals surface area contributed by atoms with Crippen molar-refractivity contribution in [1.29, 1.82) is 0 Å². The van der Waals surface area contributed by atoms with Gasteiger partial charge in [-0.3, -0.25) is 4.79 Å². The fraction of sp³-hybridized carbons (Fsp3) is 0.250. The summed E-state index contributed by atoms with van der Waals surface area (Å²) >= 11 is 0. The number of methoxy groups -OCH3 is 2. The number of ether oxygens (including phenoxy) is 4. The van der Waals surface area contributed by atoms with Crippen LogP contribution < -0.4 is 24.3 Å². The second-order valence-corrected chi connectivity index (χ2v) is 11.2. The van der Waals surface area contributed by atoms with E-state index >= 15 is 0 Å². The quantitative estimate of drug-likeness (QED) is 0.159. The Labute approximate surface area is 252 Å². The van der Waals surface area contributed by atoms with E-state index in [0.717, 1.165) is 50.4 Å². The highest BCUT2D eigenvalue weighted by atomic mass is 19.1. The zero-order chi connectivity index (χ0) is 30.7. The van der Waals surface area contributed by atoms with Crippen LogP contribution in [0.25, 0.3) is 16.7 Å². The van der Waals surface area contributed by atoms with Gasteiger partial charge in [0.2, 0.25) is 0 Å². The molecule has 1 aliphatic heterocycles. The molecule has 0 saturated carbocycles. The average Bonchev–Trinajstić information content (AvgIpc) is 2.97. The fourth-order valence-electron chi connectivity index (χ4n) is 5.52. The summed E-state index contributed by atoms with van der Waals surface area (Å²) in [5, 5.41) is 3.60. The van der Waals surface area contributed by atoms with Gasteiger partial charge in [-0.15, -0.1) is 0 Å². The van der Waals surface area contributed by atoms with Crippen LogP contribution in [0, 0.1) is 12.7 Å². The summed E-state index contributed by atoms with van der Waals surface area (Å²) in [5.74, 6) is 1.39. The van der Waals surface area contributed by atoms with Gasteiger partial charge in [0.05, 0.1) is 26.2 Å². The molecule has 6 nitrogen and oxygen atoms in total. The van der Waals surface area contributed by atoms with E-state index in [1.807, 2.05) is 43.3 Å². The standard InChI is InChI=1S/C36H36FNO5/c1-22-7-10-25(37)18-32(22)42-21-30-28(15-16-31-35(30)23(2)20-36(3,4)38-31)29-14-13-27(19-33(29)41-6)43-34(39)17-24-8-11-26(40-5)12-9-24/h7-16,18-20,38H,17,21H2,1-6H3. The van der Waals surface area contributed by atoms with Crippen LogP contribution in [-0.4, -0.2) is 25.7 Å². The number of esters is 1. The number of carbonyl (C=O) groups is 1. The van der Waals surface area contributed by atoms with Crippen LogP contribution in [0.1, 0.15) is 43.0 Å². The predicted octanol–water partition coefficient (Wildman–Crippen LogP) is 8.15. The molecule has 0 unspecified atom stereocenters. The lowest BCUT2D eigenvalue weighted by Gasteiger charge is -2.33. The molecule has 0 atom stereocenters. The maximum atomic E-state index is 14.1. The van der Waals surface area contributed by atoms with Gasteiger partial charge in [0.1, 0.15) is 35.4 Å². The number of anilines is 1. The summed E-state index contributed by atoms with van der Waals surface area (Å²) in [6, 6.07) is 21.3. The van der Waals surface area contributed by atoms with Crippen molar-refractivity contribution in [3.63, 3.8) is 0 Å². The fourth-order valence-corrected chi connectivity index (χ4v) is 5.52. The van der Waals surface area contributed by atoms with Crippen molar-refractivity contribution in [2.75, 3.05) is 19.5 Å². The minimum absolute atomic E-state index is 0.120. The molecule has 0 amide bonds. The Morgan fingerprint density at radius 1 is 0.837 bits per heavy atom. The molecule has 4 aromatic rings. The molecule has 0 aromatic heterocycles. The zero-order valence-corrected chi connectivity index (χ0v) is 25.3. The van der Waals surface area contributed by atoms with Gasteiger partial charge in [0.25, 0.3) is 0 Å². The Balaban J connectivity index is 1.48. The first kappa shape index (κ1) is 29.7. The normalized spacial score (nSPS) is 13.3. The molecule has 222 valence electrons. The number of carbonyl (C=O) groups excluding carboxylic acids is 1. The summed E-state index contributed by atoms with van der Waals surface area (Å²) in [4.78, 5) is 12.7. The van der Waals surface area contributed by atoms with Crippen LogP contribution in [0.15, 0.2) is 78.9 Å². The van der Waals surface area contributed by atoms with E-state index in [4.69, 9.17) is 18.9 Å². The number of allylic oxidation sites excluding steroid dienone is 1. The number of halogens is 1. The molecular formula is C36H36FNO5. The molecule has 0 spiro atoms. The smallest absolute Gasteiger partial charge is 0.315 e. The highest BCUT2D eigenvalue weighted by Crippen LogP contribution is 2.43. The van der Waals surface area contributed by atoms with Gasteiger partial charge in [0, 0.05) is 34.5 Å². The van der Waals surface area contributed by atoms with Crippen molar-refractivity contribution in [2.45, 2.75) is 46.3 Å². The molecule has 0 aliphatic carbocycles. The summed E-state index contributed by atoms with van der Waals surface area (Å²) in [6.45, 7) is 8.43. The van der Waals surface area contributed by atoms with Crippen molar-refractivity contribution in [2.24, 2.45) is 0 Å². The van der Waals surface area contributed by atoms with Gasteiger partial charge in [0.15, 0.2) is 0 Å². The summed E-state index contributed by atoms with van der Waals surface area (Å²) in [7, 11) is 3.18. The SMILES string of the molecule is COc1ccc(CC(=O)Oc2ccc(-c3ccc4c(c3COc3cc(F)ccc3C)C(C)=CC(C)(C)N4)c(OC)c2)cc1. The number of benzene rings is 4. The van der Waals surface area contributed by atoms with E-state index in [1.54, 1.807) is 32.4 Å². The monoisotopic (exact) mass is 581 g/mol. The third-order valence-corrected chi connectivity index (χ3v) is 7.47. The first-order chi connectivity index (χ1) is 20.6. The third-order valence-electron chi connectivity index (χ3n) is 7.47. The first-order valence-corrected chi connectivity index (χ1v) is 14.1. The number of fused-ring (bicyclic) bond motifs is 1. The maximum absolute atomic E-state index is 14.1. The third kappa shape index (κ3) is 6.67. The minimum atomic E-state index is -0.386. The number of hydrogen-bond donors (Lipinski definition) is 1. The highest BCUT2D eigenvalue weighted by molar-refractivity contribution is 5.88. The van der Waals surface area contributed by atoms with Crippen LogP contribution in [0.2, 0.25) is 0 Å². The summed E-state index contributed by atoms with van der Waals surface area (Å²) in [6.07, 6.45) is 2.31. The van der Waals surface area contributed by atoms with Gasteiger partial charge in [-0.05, 0) is 86.4 Å². The lowest BCUT2D eigenvalue weighted by Crippen LogP contribution is -2.32. The van der Waals surface area contributed by atoms with Gasteiger partial charge in [-0.2, -0.15) is 0 Å². The van der Waals surface area contributed by atoms with Crippen LogP contribution >= 0.6 is 0 Å². The second-order valence-electron chi connectivity index (χ2n) is 11.2. The Kier molecular flexibility index (Phi) is 8.44. The van der Waals surface area contributed by atoms with E-state index < -0.39 is 0 Å². The van der Waals surface area contributed by atoms with E-state index in [2.05, 4.69) is 38.2 Å². The Morgan fingerprint density at radius 3 is 2.28 bits per heavy atom. The molecule has 4 aromatic carbocycles. The van der Waals surface area contributed by atoms with Crippen molar-refractivity contribution >= 4 is 17.2 Å². The van der Waals surface area contributed by atoms with Gasteiger partial charge >= 0.3 is 5.97 Å². The average molecular weight is 582 g/mol. The van der Waals surface area contributed by atoms with Crippen LogP contribution in [-0.2, 0) is 17.8 Å². The van der Waals surface area contributed by atoms with Crippen LogP contribution in [0.3, 0.4) is 0 Å². The van der Waals surface area contributed by atoms with Crippen molar-refractivity contribution in [3.8, 4) is 34.1 Å². The summed E-state index contributed by atoms with van der Waals surface area (Å²) < 4.78 is 37.0. The number of nitrogens with one attached hydrogen (secondary N) is 1. The topological polar surface area (TPSA) is 66.0 Å². The number of aryl methyl sites for hydroxylation is 1. The molecule has 1 N–H and O–H groups in total. The Morgan fingerprint density at radius 2 is 1.56 bits per heavy atom. The van der Waals surface area contributed by atoms with E-state index in [0.29, 0.717) is 17.2 Å². The van der Waals surface area contributed by atoms with Crippen LogP contribution in [0.5, 0.6) is 23.0 Å². The number of hydrogen-bond acceptors (Lipinski definition) is 6. The van der Waals surface area contributed by atoms with Gasteiger partial charge in [-0.25, -0.2) is 4.39 Å². The van der Waals surface area contributed by atoms with Gasteiger partial charge < -0.3 is 24.3 Å². The van der Waals surface area contributed by atoms with E-state index in [1.165, 1.54) is 12.1 Å². The zero-order valence-electron chi connectivity index (χ0n) is 25.3. The largest absolute Gasteiger partial charge is 0.497 e. The lowest BCUT2D eigenvalue weighted by atomic mass is 9.85. The van der Waals surface area contributed by atoms with E-state index in [9.17, 15) is 9.18 Å². The molecular weight excluding hydrogens is 545 g/mol. The second kappa shape index (κ2) is 12.2. The molecule has 0 bridgehead atoms. The summed E-state index contributed by atoms with van der Waals surface area (Å²) in [5.41, 5.74) is 7.22. The lowest BCUT2D eigenvalue weighted by molar-refractivity contribution is -0.133. The van der Waals surface area contributed by atoms with Crippen molar-refractivity contribution in [1.82, 2.24) is 0 Å². The highest BCUT2D eigenvalue weighted by Gasteiger charge is 2.27. The maximum Gasteiger partial charge on any atom is 0.315 e. The van der Waals surface area contributed by atoms with E-state index in [-0.39, 0.29) is 30.4 Å². The molecule has 5 rings (SSSR count). The molecule has 0 radical (unpaired) electrons. The Hall–Kier alpha value is -4.78. The molecule has 0 saturated heterocycles. The molecule has 7 heteroatoms. The van der Waals surface area contributed by atoms with Crippen LogP contribution in [0.4, 0.5) is 10.1 Å². The van der Waals surface area contributed by atoms with Crippen molar-refractivity contribution in [3.05, 3.63) is 107 Å². The first-order valence-electron chi connectivity index (χ1n) is 14.1. The molecule has 1 heterocycles. The molecule has 1 aliphatic rings. The Bertz CT molecular complexity index is 1690. The predicted molar refractivity (Wildman–Crippen MR) is 168 cm³/mol. The van der Waals surface area contributed by atoms with Crippen molar-refractivity contribution < 1.29 is 28.1 Å². The van der Waals surface area contributed by atoms with Gasteiger partial charge in [-0.1, -0.05) is 30.3 Å². The number of rotatable bonds is 9. The molecule has 43 heavy (non-hydrogen) atoms. The molecule has 0 fully saturated rings.